The zero-order valence-electron chi connectivity index (χ0n) is 11.0. The van der Waals surface area contributed by atoms with Crippen molar-refractivity contribution in [3.05, 3.63) is 29.6 Å². The molecule has 0 aromatic carbocycles. The van der Waals surface area contributed by atoms with E-state index in [0.717, 1.165) is 31.7 Å². The monoisotopic (exact) mass is 234 g/mol. The Labute approximate surface area is 103 Å². The lowest BCUT2D eigenvalue weighted by atomic mass is 10.1. The van der Waals surface area contributed by atoms with E-state index in [1.807, 2.05) is 13.1 Å². The minimum absolute atomic E-state index is 0.483. The van der Waals surface area contributed by atoms with Gasteiger partial charge in [-0.1, -0.05) is 19.9 Å². The van der Waals surface area contributed by atoms with Gasteiger partial charge in [0.25, 0.3) is 0 Å². The number of pyridine rings is 1. The van der Waals surface area contributed by atoms with Crippen molar-refractivity contribution in [2.75, 3.05) is 13.1 Å². The molecule has 17 heavy (non-hydrogen) atoms. The van der Waals surface area contributed by atoms with Crippen LogP contribution in [0.15, 0.2) is 18.3 Å². The van der Waals surface area contributed by atoms with Crippen molar-refractivity contribution in [3.8, 4) is 0 Å². The summed E-state index contributed by atoms with van der Waals surface area (Å²) in [6.07, 6.45) is 2.83. The zero-order chi connectivity index (χ0) is 12.5. The Morgan fingerprint density at radius 1 is 1.47 bits per heavy atom. The summed E-state index contributed by atoms with van der Waals surface area (Å²) >= 11 is 0. The molecule has 0 saturated carbocycles. The predicted octanol–water partition coefficient (Wildman–Crippen LogP) is 2.16. The Bertz CT molecular complexity index is 370. The Morgan fingerprint density at radius 2 is 2.24 bits per heavy atom. The van der Waals surface area contributed by atoms with Crippen molar-refractivity contribution < 1.29 is 5.11 Å². The molecule has 1 saturated heterocycles. The van der Waals surface area contributed by atoms with Crippen LogP contribution >= 0.6 is 0 Å². The average Bonchev–Trinajstić information content (AvgIpc) is 2.59. The van der Waals surface area contributed by atoms with E-state index >= 15 is 0 Å². The highest BCUT2D eigenvalue weighted by Crippen LogP contribution is 2.22. The zero-order valence-corrected chi connectivity index (χ0v) is 11.0. The van der Waals surface area contributed by atoms with E-state index in [-0.39, 0.29) is 0 Å². The highest BCUT2D eigenvalue weighted by molar-refractivity contribution is 5.16. The van der Waals surface area contributed by atoms with Gasteiger partial charge in [0, 0.05) is 31.5 Å². The Kier molecular flexibility index (Phi) is 3.50. The highest BCUT2D eigenvalue weighted by atomic mass is 16.3. The van der Waals surface area contributed by atoms with Crippen LogP contribution in [0.25, 0.3) is 0 Å². The quantitative estimate of drug-likeness (QED) is 0.870. The molecule has 0 aliphatic carbocycles. The molecule has 94 valence electrons. The van der Waals surface area contributed by atoms with Gasteiger partial charge in [-0.2, -0.15) is 0 Å². The minimum atomic E-state index is -0.509. The number of hydrogen-bond donors (Lipinski definition) is 1. The van der Waals surface area contributed by atoms with Gasteiger partial charge in [0.1, 0.15) is 0 Å². The highest BCUT2D eigenvalue weighted by Gasteiger charge is 2.30. The third-order valence-electron chi connectivity index (χ3n) is 3.38. The molecule has 3 heteroatoms. The van der Waals surface area contributed by atoms with Crippen LogP contribution in [0.3, 0.4) is 0 Å². The van der Waals surface area contributed by atoms with Crippen LogP contribution in [0, 0.1) is 0 Å². The summed E-state index contributed by atoms with van der Waals surface area (Å²) in [4.78, 5) is 6.75. The lowest BCUT2D eigenvalue weighted by Gasteiger charge is -2.18. The fraction of sp³-hybridized carbons (Fsp3) is 0.643. The molecule has 0 bridgehead atoms. The van der Waals surface area contributed by atoms with Crippen LogP contribution in [0.2, 0.25) is 0 Å². The summed E-state index contributed by atoms with van der Waals surface area (Å²) in [6, 6.07) is 4.25. The molecule has 1 N–H and O–H groups in total. The van der Waals surface area contributed by atoms with Gasteiger partial charge >= 0.3 is 0 Å². The third kappa shape index (κ3) is 3.27. The third-order valence-corrected chi connectivity index (χ3v) is 3.38. The summed E-state index contributed by atoms with van der Waals surface area (Å²) < 4.78 is 0. The molecule has 0 spiro atoms. The van der Waals surface area contributed by atoms with Crippen molar-refractivity contribution in [2.24, 2.45) is 0 Å². The fourth-order valence-corrected chi connectivity index (χ4v) is 2.30. The first-order valence-electron chi connectivity index (χ1n) is 6.36. The second kappa shape index (κ2) is 4.75. The molecule has 1 aromatic heterocycles. The van der Waals surface area contributed by atoms with Gasteiger partial charge in [-0.3, -0.25) is 9.88 Å². The maximum absolute atomic E-state index is 9.90. The summed E-state index contributed by atoms with van der Waals surface area (Å²) in [6.45, 7) is 8.84. The van der Waals surface area contributed by atoms with Crippen LogP contribution in [-0.4, -0.2) is 33.7 Å². The molecule has 3 nitrogen and oxygen atoms in total. The summed E-state index contributed by atoms with van der Waals surface area (Å²) in [5.41, 5.74) is 1.86. The molecule has 2 heterocycles. The van der Waals surface area contributed by atoms with Gasteiger partial charge < -0.3 is 5.11 Å². The largest absolute Gasteiger partial charge is 0.389 e. The van der Waals surface area contributed by atoms with E-state index in [2.05, 4.69) is 35.9 Å². The number of hydrogen-bond acceptors (Lipinski definition) is 3. The number of aromatic nitrogens is 1. The van der Waals surface area contributed by atoms with E-state index in [0.29, 0.717) is 5.92 Å². The van der Waals surface area contributed by atoms with Crippen LogP contribution in [-0.2, 0) is 6.54 Å². The van der Waals surface area contributed by atoms with Crippen LogP contribution in [0.5, 0.6) is 0 Å². The van der Waals surface area contributed by atoms with Gasteiger partial charge in [-0.15, -0.1) is 0 Å². The SMILES string of the molecule is CC(C)c1ccc(CN2CCC(C)(O)C2)cn1. The first kappa shape index (κ1) is 12.5. The summed E-state index contributed by atoms with van der Waals surface area (Å²) in [5.74, 6) is 0.483. The molecule has 1 atom stereocenters. The normalized spacial score (nSPS) is 25.7. The van der Waals surface area contributed by atoms with Gasteiger partial charge in [0.15, 0.2) is 0 Å². The number of likely N-dealkylation sites (tertiary alicyclic amines) is 1. The van der Waals surface area contributed by atoms with Crippen molar-refractivity contribution in [1.29, 1.82) is 0 Å². The number of rotatable bonds is 3. The molecule has 0 radical (unpaired) electrons. The smallest absolute Gasteiger partial charge is 0.0758 e. The predicted molar refractivity (Wildman–Crippen MR) is 68.8 cm³/mol. The van der Waals surface area contributed by atoms with Crippen molar-refractivity contribution in [2.45, 2.75) is 45.3 Å². The van der Waals surface area contributed by atoms with Crippen molar-refractivity contribution in [3.63, 3.8) is 0 Å². The van der Waals surface area contributed by atoms with E-state index < -0.39 is 5.60 Å². The van der Waals surface area contributed by atoms with Gasteiger partial charge in [-0.05, 0) is 30.9 Å². The Hall–Kier alpha value is -0.930. The molecular formula is C14H22N2O. The lowest BCUT2D eigenvalue weighted by Crippen LogP contribution is -2.29. The molecule has 2 rings (SSSR count). The molecule has 1 aliphatic rings. The van der Waals surface area contributed by atoms with E-state index in [1.54, 1.807) is 0 Å². The second-order valence-electron chi connectivity index (χ2n) is 5.70. The Balaban J connectivity index is 1.96. The maximum atomic E-state index is 9.90. The van der Waals surface area contributed by atoms with E-state index in [9.17, 15) is 5.11 Å². The van der Waals surface area contributed by atoms with Crippen LogP contribution < -0.4 is 0 Å². The summed E-state index contributed by atoms with van der Waals surface area (Å²) in [7, 11) is 0. The Morgan fingerprint density at radius 3 is 2.71 bits per heavy atom. The number of β-amino-alcohol motifs (C(OH)–C–C–N with tert-alkyl or cyclic N) is 1. The summed E-state index contributed by atoms with van der Waals surface area (Å²) in [5, 5.41) is 9.90. The van der Waals surface area contributed by atoms with E-state index in [1.165, 1.54) is 5.56 Å². The standard InChI is InChI=1S/C14H22N2O/c1-11(2)13-5-4-12(8-15-13)9-16-7-6-14(3,17)10-16/h4-5,8,11,17H,6-7,9-10H2,1-3H3. The molecule has 1 fully saturated rings. The topological polar surface area (TPSA) is 36.4 Å². The number of nitrogens with zero attached hydrogens (tertiary/aromatic N) is 2. The van der Waals surface area contributed by atoms with Crippen LogP contribution in [0.1, 0.15) is 44.4 Å². The minimum Gasteiger partial charge on any atom is -0.389 e. The average molecular weight is 234 g/mol. The second-order valence-corrected chi connectivity index (χ2v) is 5.70. The van der Waals surface area contributed by atoms with Crippen molar-refractivity contribution >= 4 is 0 Å². The van der Waals surface area contributed by atoms with Gasteiger partial charge in [-0.25, -0.2) is 0 Å². The molecular weight excluding hydrogens is 212 g/mol. The molecule has 0 amide bonds. The van der Waals surface area contributed by atoms with E-state index in [4.69, 9.17) is 0 Å². The molecule has 1 aromatic rings. The molecule has 1 aliphatic heterocycles. The van der Waals surface area contributed by atoms with Crippen LogP contribution in [0.4, 0.5) is 0 Å². The lowest BCUT2D eigenvalue weighted by molar-refractivity contribution is 0.0679. The van der Waals surface area contributed by atoms with Gasteiger partial charge in [0.05, 0.1) is 5.60 Å². The molecule has 1 unspecified atom stereocenters. The fourth-order valence-electron chi connectivity index (χ4n) is 2.30. The first-order chi connectivity index (χ1) is 7.96. The van der Waals surface area contributed by atoms with Gasteiger partial charge in [0.2, 0.25) is 0 Å². The first-order valence-corrected chi connectivity index (χ1v) is 6.36. The maximum Gasteiger partial charge on any atom is 0.0758 e. The number of aliphatic hydroxyl groups is 1. The van der Waals surface area contributed by atoms with Crippen molar-refractivity contribution in [1.82, 2.24) is 9.88 Å².